The van der Waals surface area contributed by atoms with Crippen LogP contribution in [0, 0.1) is 12.8 Å². The first kappa shape index (κ1) is 12.5. The molecule has 0 aliphatic rings. The number of thioether (sulfide) groups is 1. The molecule has 1 heterocycles. The van der Waals surface area contributed by atoms with Crippen LogP contribution in [0.4, 0.5) is 0 Å². The van der Waals surface area contributed by atoms with Crippen molar-refractivity contribution in [3.63, 3.8) is 0 Å². The number of benzene rings is 1. The van der Waals surface area contributed by atoms with E-state index >= 15 is 0 Å². The van der Waals surface area contributed by atoms with Gasteiger partial charge in [-0.05, 0) is 43.0 Å². The van der Waals surface area contributed by atoms with Gasteiger partial charge in [-0.1, -0.05) is 18.6 Å². The van der Waals surface area contributed by atoms with Crippen molar-refractivity contribution in [3.05, 3.63) is 35.6 Å². The second kappa shape index (κ2) is 5.15. The lowest BCUT2D eigenvalue weighted by Crippen LogP contribution is -2.10. The summed E-state index contributed by atoms with van der Waals surface area (Å²) in [4.78, 5) is 0. The first-order valence-electron chi connectivity index (χ1n) is 5.79. The number of hydrogen-bond donors (Lipinski definition) is 1. The van der Waals surface area contributed by atoms with Gasteiger partial charge in [0, 0.05) is 5.39 Å². The van der Waals surface area contributed by atoms with Gasteiger partial charge in [-0.3, -0.25) is 0 Å². The van der Waals surface area contributed by atoms with Crippen molar-refractivity contribution >= 4 is 22.7 Å². The molecule has 2 unspecified atom stereocenters. The van der Waals surface area contributed by atoms with Crippen LogP contribution < -0.4 is 0 Å². The Morgan fingerprint density at radius 3 is 2.82 bits per heavy atom. The zero-order valence-corrected chi connectivity index (χ0v) is 11.3. The predicted molar refractivity (Wildman–Crippen MR) is 73.5 cm³/mol. The molecule has 1 N–H and O–H groups in total. The summed E-state index contributed by atoms with van der Waals surface area (Å²) in [5.74, 6) is 1.80. The van der Waals surface area contributed by atoms with Crippen molar-refractivity contribution < 1.29 is 9.52 Å². The SMILES string of the molecule is CSCC(C)C(O)c1cc2cc(C)ccc2o1. The van der Waals surface area contributed by atoms with Crippen molar-refractivity contribution in [2.24, 2.45) is 5.92 Å². The number of aliphatic hydroxyl groups excluding tert-OH is 1. The summed E-state index contributed by atoms with van der Waals surface area (Å²) < 4.78 is 5.69. The topological polar surface area (TPSA) is 33.4 Å². The first-order valence-corrected chi connectivity index (χ1v) is 7.18. The third kappa shape index (κ3) is 2.67. The van der Waals surface area contributed by atoms with Crippen LogP contribution >= 0.6 is 11.8 Å². The van der Waals surface area contributed by atoms with E-state index in [1.807, 2.05) is 31.4 Å². The summed E-state index contributed by atoms with van der Waals surface area (Å²) in [6.45, 7) is 4.10. The molecule has 17 heavy (non-hydrogen) atoms. The highest BCUT2D eigenvalue weighted by Crippen LogP contribution is 2.29. The molecule has 0 radical (unpaired) electrons. The maximum Gasteiger partial charge on any atom is 0.134 e. The lowest BCUT2D eigenvalue weighted by molar-refractivity contribution is 0.107. The minimum absolute atomic E-state index is 0.201. The zero-order valence-electron chi connectivity index (χ0n) is 10.4. The summed E-state index contributed by atoms with van der Waals surface area (Å²) >= 11 is 1.74. The third-order valence-corrected chi connectivity index (χ3v) is 3.81. The van der Waals surface area contributed by atoms with Gasteiger partial charge in [0.05, 0.1) is 0 Å². The quantitative estimate of drug-likeness (QED) is 0.896. The Kier molecular flexibility index (Phi) is 3.79. The smallest absolute Gasteiger partial charge is 0.134 e. The number of rotatable bonds is 4. The Morgan fingerprint density at radius 1 is 1.35 bits per heavy atom. The van der Waals surface area contributed by atoms with E-state index in [2.05, 4.69) is 13.0 Å². The van der Waals surface area contributed by atoms with Crippen molar-refractivity contribution in [1.82, 2.24) is 0 Å². The normalized spacial score (nSPS) is 15.1. The van der Waals surface area contributed by atoms with E-state index in [4.69, 9.17) is 4.42 Å². The molecule has 0 bridgehead atoms. The van der Waals surface area contributed by atoms with Crippen LogP contribution in [0.5, 0.6) is 0 Å². The van der Waals surface area contributed by atoms with Gasteiger partial charge in [0.2, 0.25) is 0 Å². The van der Waals surface area contributed by atoms with Gasteiger partial charge in [-0.2, -0.15) is 11.8 Å². The summed E-state index contributed by atoms with van der Waals surface area (Å²) in [5.41, 5.74) is 2.05. The number of fused-ring (bicyclic) bond motifs is 1. The van der Waals surface area contributed by atoms with Gasteiger partial charge in [0.15, 0.2) is 0 Å². The molecule has 2 aromatic rings. The standard InChI is InChI=1S/C14H18O2S/c1-9-4-5-12-11(6-9)7-13(16-12)14(15)10(2)8-17-3/h4-7,10,14-15H,8H2,1-3H3. The predicted octanol–water partition coefficient (Wildman–Crippen LogP) is 3.77. The molecule has 2 atom stereocenters. The Labute approximate surface area is 106 Å². The van der Waals surface area contributed by atoms with E-state index < -0.39 is 6.10 Å². The van der Waals surface area contributed by atoms with Crippen LogP contribution in [0.1, 0.15) is 24.4 Å². The average molecular weight is 250 g/mol. The second-order valence-electron chi connectivity index (χ2n) is 4.57. The van der Waals surface area contributed by atoms with Gasteiger partial charge in [0.25, 0.3) is 0 Å². The molecule has 2 rings (SSSR count). The Balaban J connectivity index is 2.29. The van der Waals surface area contributed by atoms with Crippen LogP contribution in [-0.2, 0) is 0 Å². The largest absolute Gasteiger partial charge is 0.458 e. The minimum Gasteiger partial charge on any atom is -0.458 e. The minimum atomic E-state index is -0.518. The third-order valence-electron chi connectivity index (χ3n) is 2.95. The van der Waals surface area contributed by atoms with E-state index in [1.54, 1.807) is 11.8 Å². The fourth-order valence-corrected chi connectivity index (χ4v) is 2.67. The monoisotopic (exact) mass is 250 g/mol. The van der Waals surface area contributed by atoms with Crippen LogP contribution in [0.3, 0.4) is 0 Å². The van der Waals surface area contributed by atoms with Crippen LogP contribution in [-0.4, -0.2) is 17.1 Å². The van der Waals surface area contributed by atoms with Crippen molar-refractivity contribution in [3.8, 4) is 0 Å². The summed E-state index contributed by atoms with van der Waals surface area (Å²) in [5, 5.41) is 11.2. The molecule has 2 nitrogen and oxygen atoms in total. The lowest BCUT2D eigenvalue weighted by atomic mass is 10.0. The van der Waals surface area contributed by atoms with Crippen LogP contribution in [0.2, 0.25) is 0 Å². The van der Waals surface area contributed by atoms with Crippen molar-refractivity contribution in [1.29, 1.82) is 0 Å². The Bertz CT molecular complexity index is 504. The molecule has 3 heteroatoms. The van der Waals surface area contributed by atoms with Gasteiger partial charge in [-0.15, -0.1) is 0 Å². The maximum absolute atomic E-state index is 10.2. The molecule has 0 spiro atoms. The lowest BCUT2D eigenvalue weighted by Gasteiger charge is -2.15. The highest BCUT2D eigenvalue weighted by molar-refractivity contribution is 7.98. The van der Waals surface area contributed by atoms with E-state index in [1.165, 1.54) is 5.56 Å². The molecular formula is C14H18O2S. The molecule has 1 aromatic heterocycles. The van der Waals surface area contributed by atoms with Gasteiger partial charge in [-0.25, -0.2) is 0 Å². The Morgan fingerprint density at radius 2 is 2.12 bits per heavy atom. The summed E-state index contributed by atoms with van der Waals surface area (Å²) in [6.07, 6.45) is 1.53. The molecule has 0 aliphatic carbocycles. The van der Waals surface area contributed by atoms with E-state index in [9.17, 15) is 5.11 Å². The molecule has 0 amide bonds. The molecule has 0 saturated heterocycles. The molecule has 0 fully saturated rings. The van der Waals surface area contributed by atoms with Gasteiger partial charge >= 0.3 is 0 Å². The van der Waals surface area contributed by atoms with E-state index in [0.717, 1.165) is 16.7 Å². The maximum atomic E-state index is 10.2. The molecule has 0 aliphatic heterocycles. The first-order chi connectivity index (χ1) is 8.11. The summed E-state index contributed by atoms with van der Waals surface area (Å²) in [7, 11) is 0. The van der Waals surface area contributed by atoms with Crippen LogP contribution in [0.15, 0.2) is 28.7 Å². The Hall–Kier alpha value is -0.930. The van der Waals surface area contributed by atoms with Crippen LogP contribution in [0.25, 0.3) is 11.0 Å². The molecule has 92 valence electrons. The second-order valence-corrected chi connectivity index (χ2v) is 5.48. The van der Waals surface area contributed by atoms with Gasteiger partial charge in [0.1, 0.15) is 17.4 Å². The summed E-state index contributed by atoms with van der Waals surface area (Å²) in [6, 6.07) is 8.01. The average Bonchev–Trinajstić information content (AvgIpc) is 2.71. The fourth-order valence-electron chi connectivity index (χ4n) is 1.96. The van der Waals surface area contributed by atoms with E-state index in [-0.39, 0.29) is 5.92 Å². The highest BCUT2D eigenvalue weighted by Gasteiger charge is 2.19. The number of aliphatic hydroxyl groups is 1. The highest BCUT2D eigenvalue weighted by atomic mass is 32.2. The van der Waals surface area contributed by atoms with E-state index in [0.29, 0.717) is 5.76 Å². The number of hydrogen-bond acceptors (Lipinski definition) is 3. The van der Waals surface area contributed by atoms with Gasteiger partial charge < -0.3 is 9.52 Å². The van der Waals surface area contributed by atoms with Crippen molar-refractivity contribution in [2.45, 2.75) is 20.0 Å². The molecule has 0 saturated carbocycles. The zero-order chi connectivity index (χ0) is 12.4. The van der Waals surface area contributed by atoms with Crippen molar-refractivity contribution in [2.75, 3.05) is 12.0 Å². The molecular weight excluding hydrogens is 232 g/mol. The number of furan rings is 1. The molecule has 1 aromatic carbocycles. The fraction of sp³-hybridized carbons (Fsp3) is 0.429. The number of aryl methyl sites for hydroxylation is 1.